The second kappa shape index (κ2) is 9.60. The maximum Gasteiger partial charge on any atom is 0.251 e. The standard InChI is InChI=1S/C22H27N3OS/c1-3-4-15-25-20-13-9-8-12-18(20)23-21(25)19(14-16-27-2)24-22(26)17-10-6-5-7-11-17/h5-13,19H,3-4,14-16H2,1-2H3,(H,24,26)/t19-/m1/s1. The summed E-state index contributed by atoms with van der Waals surface area (Å²) in [6.45, 7) is 3.12. The van der Waals surface area contributed by atoms with Crippen molar-refractivity contribution in [1.29, 1.82) is 0 Å². The number of para-hydroxylation sites is 2. The summed E-state index contributed by atoms with van der Waals surface area (Å²) in [6.07, 6.45) is 5.17. The Kier molecular flexibility index (Phi) is 6.93. The smallest absolute Gasteiger partial charge is 0.251 e. The molecular formula is C22H27N3OS. The van der Waals surface area contributed by atoms with Gasteiger partial charge in [-0.1, -0.05) is 43.7 Å². The first-order valence-electron chi connectivity index (χ1n) is 9.54. The molecule has 142 valence electrons. The number of hydrogen-bond donors (Lipinski definition) is 1. The van der Waals surface area contributed by atoms with E-state index in [1.54, 1.807) is 11.8 Å². The zero-order valence-corrected chi connectivity index (χ0v) is 16.8. The van der Waals surface area contributed by atoms with Crippen LogP contribution in [0.1, 0.15) is 48.4 Å². The number of benzene rings is 2. The van der Waals surface area contributed by atoms with Crippen LogP contribution >= 0.6 is 11.8 Å². The molecule has 1 atom stereocenters. The van der Waals surface area contributed by atoms with E-state index in [1.807, 2.05) is 42.5 Å². The lowest BCUT2D eigenvalue weighted by Gasteiger charge is -2.20. The number of nitrogens with one attached hydrogen (secondary N) is 1. The number of aromatic nitrogens is 2. The zero-order valence-electron chi connectivity index (χ0n) is 16.0. The van der Waals surface area contributed by atoms with Crippen molar-refractivity contribution in [3.05, 3.63) is 66.0 Å². The first-order valence-corrected chi connectivity index (χ1v) is 10.9. The molecule has 0 bridgehead atoms. The number of amides is 1. The number of hydrogen-bond acceptors (Lipinski definition) is 3. The van der Waals surface area contributed by atoms with Crippen LogP contribution < -0.4 is 5.32 Å². The molecular weight excluding hydrogens is 354 g/mol. The first kappa shape index (κ1) is 19.5. The van der Waals surface area contributed by atoms with Gasteiger partial charge in [0.25, 0.3) is 5.91 Å². The molecule has 0 aliphatic rings. The Morgan fingerprint density at radius 2 is 1.89 bits per heavy atom. The Morgan fingerprint density at radius 1 is 1.15 bits per heavy atom. The monoisotopic (exact) mass is 381 g/mol. The lowest BCUT2D eigenvalue weighted by Crippen LogP contribution is -2.31. The van der Waals surface area contributed by atoms with Crippen molar-refractivity contribution < 1.29 is 4.79 Å². The number of fused-ring (bicyclic) bond motifs is 1. The highest BCUT2D eigenvalue weighted by Crippen LogP contribution is 2.25. The summed E-state index contributed by atoms with van der Waals surface area (Å²) in [5.74, 6) is 1.88. The van der Waals surface area contributed by atoms with Gasteiger partial charge in [0.05, 0.1) is 17.1 Å². The second-order valence-electron chi connectivity index (χ2n) is 6.64. The van der Waals surface area contributed by atoms with Crippen LogP contribution in [0.3, 0.4) is 0 Å². The van der Waals surface area contributed by atoms with Crippen LogP contribution in [0, 0.1) is 0 Å². The van der Waals surface area contributed by atoms with E-state index in [-0.39, 0.29) is 11.9 Å². The number of carbonyl (C=O) groups is 1. The molecule has 2 aromatic carbocycles. The number of unbranched alkanes of at least 4 members (excludes halogenated alkanes) is 1. The van der Waals surface area contributed by atoms with Crippen LogP contribution in [0.25, 0.3) is 11.0 Å². The molecule has 27 heavy (non-hydrogen) atoms. The molecule has 1 heterocycles. The van der Waals surface area contributed by atoms with Crippen molar-refractivity contribution >= 4 is 28.7 Å². The largest absolute Gasteiger partial charge is 0.342 e. The number of nitrogens with zero attached hydrogens (tertiary/aromatic N) is 2. The van der Waals surface area contributed by atoms with E-state index >= 15 is 0 Å². The third-order valence-electron chi connectivity index (χ3n) is 4.68. The van der Waals surface area contributed by atoms with E-state index in [0.29, 0.717) is 5.56 Å². The van der Waals surface area contributed by atoms with Crippen LogP contribution in [-0.2, 0) is 6.54 Å². The molecule has 1 N–H and O–H groups in total. The van der Waals surface area contributed by atoms with Gasteiger partial charge in [-0.25, -0.2) is 4.98 Å². The molecule has 0 spiro atoms. The Hall–Kier alpha value is -2.27. The molecule has 3 rings (SSSR count). The molecule has 0 aliphatic carbocycles. The topological polar surface area (TPSA) is 46.9 Å². The average molecular weight is 382 g/mol. The number of imidazole rings is 1. The van der Waals surface area contributed by atoms with Crippen LogP contribution in [-0.4, -0.2) is 27.5 Å². The fourth-order valence-electron chi connectivity index (χ4n) is 3.24. The lowest BCUT2D eigenvalue weighted by molar-refractivity contribution is 0.0933. The third-order valence-corrected chi connectivity index (χ3v) is 5.33. The minimum Gasteiger partial charge on any atom is -0.342 e. The van der Waals surface area contributed by atoms with Gasteiger partial charge >= 0.3 is 0 Å². The summed E-state index contributed by atoms with van der Waals surface area (Å²) in [5, 5.41) is 3.23. The average Bonchev–Trinajstić information content (AvgIpc) is 3.08. The summed E-state index contributed by atoms with van der Waals surface area (Å²) < 4.78 is 2.29. The van der Waals surface area contributed by atoms with Crippen LogP contribution in [0.15, 0.2) is 54.6 Å². The quantitative estimate of drug-likeness (QED) is 0.563. The highest BCUT2D eigenvalue weighted by atomic mass is 32.2. The molecule has 3 aromatic rings. The number of rotatable bonds is 9. The lowest BCUT2D eigenvalue weighted by atomic mass is 10.1. The van der Waals surface area contributed by atoms with Crippen molar-refractivity contribution in [3.63, 3.8) is 0 Å². The molecule has 0 aliphatic heterocycles. The minimum absolute atomic E-state index is 0.0456. The fraction of sp³-hybridized carbons (Fsp3) is 0.364. The van der Waals surface area contributed by atoms with Gasteiger partial charge in [0.1, 0.15) is 5.82 Å². The number of thioether (sulfide) groups is 1. The highest BCUT2D eigenvalue weighted by molar-refractivity contribution is 7.98. The van der Waals surface area contributed by atoms with Gasteiger partial charge in [0.2, 0.25) is 0 Å². The Labute approximate surface area is 165 Å². The van der Waals surface area contributed by atoms with Gasteiger partial charge in [-0.15, -0.1) is 0 Å². The molecule has 1 aromatic heterocycles. The highest BCUT2D eigenvalue weighted by Gasteiger charge is 2.22. The van der Waals surface area contributed by atoms with E-state index in [2.05, 4.69) is 35.2 Å². The SMILES string of the molecule is CCCCn1c([C@@H](CCSC)NC(=O)c2ccccc2)nc2ccccc21. The van der Waals surface area contributed by atoms with Crippen molar-refractivity contribution in [2.24, 2.45) is 0 Å². The van der Waals surface area contributed by atoms with Crippen LogP contribution in [0.5, 0.6) is 0 Å². The maximum atomic E-state index is 12.8. The van der Waals surface area contributed by atoms with Crippen molar-refractivity contribution in [2.75, 3.05) is 12.0 Å². The minimum atomic E-state index is -0.102. The van der Waals surface area contributed by atoms with Crippen molar-refractivity contribution in [3.8, 4) is 0 Å². The van der Waals surface area contributed by atoms with Gasteiger partial charge in [-0.2, -0.15) is 11.8 Å². The van der Waals surface area contributed by atoms with E-state index in [1.165, 1.54) is 0 Å². The first-order chi connectivity index (χ1) is 13.2. The number of carbonyl (C=O) groups excluding carboxylic acids is 1. The molecule has 0 saturated carbocycles. The summed E-state index contributed by atoms with van der Waals surface area (Å²) in [4.78, 5) is 17.7. The molecule has 4 nitrogen and oxygen atoms in total. The zero-order chi connectivity index (χ0) is 19.1. The number of aryl methyl sites for hydroxylation is 1. The van der Waals surface area contributed by atoms with Gasteiger partial charge in [0.15, 0.2) is 0 Å². The van der Waals surface area contributed by atoms with E-state index < -0.39 is 0 Å². The Morgan fingerprint density at radius 3 is 2.63 bits per heavy atom. The van der Waals surface area contributed by atoms with E-state index in [4.69, 9.17) is 4.98 Å². The summed E-state index contributed by atoms with van der Waals surface area (Å²) in [7, 11) is 0. The molecule has 0 saturated heterocycles. The molecule has 1 amide bonds. The molecule has 0 unspecified atom stereocenters. The maximum absolute atomic E-state index is 12.8. The molecule has 5 heteroatoms. The summed E-state index contributed by atoms with van der Waals surface area (Å²) in [5.41, 5.74) is 2.82. The van der Waals surface area contributed by atoms with Gasteiger partial charge in [-0.3, -0.25) is 4.79 Å². The summed E-state index contributed by atoms with van der Waals surface area (Å²) >= 11 is 1.79. The van der Waals surface area contributed by atoms with Gasteiger partial charge < -0.3 is 9.88 Å². The Balaban J connectivity index is 1.95. The van der Waals surface area contributed by atoms with Crippen LogP contribution in [0.2, 0.25) is 0 Å². The van der Waals surface area contributed by atoms with E-state index in [0.717, 1.165) is 48.4 Å². The summed E-state index contributed by atoms with van der Waals surface area (Å²) in [6, 6.07) is 17.5. The second-order valence-corrected chi connectivity index (χ2v) is 7.62. The van der Waals surface area contributed by atoms with Crippen molar-refractivity contribution in [1.82, 2.24) is 14.9 Å². The fourth-order valence-corrected chi connectivity index (χ4v) is 3.72. The third kappa shape index (κ3) is 4.72. The molecule has 0 fully saturated rings. The predicted octanol–water partition coefficient (Wildman–Crippen LogP) is 5.06. The van der Waals surface area contributed by atoms with Crippen LogP contribution in [0.4, 0.5) is 0 Å². The molecule has 0 radical (unpaired) electrons. The van der Waals surface area contributed by atoms with E-state index in [9.17, 15) is 4.79 Å². The van der Waals surface area contributed by atoms with Gasteiger partial charge in [-0.05, 0) is 49.1 Å². The van der Waals surface area contributed by atoms with Crippen molar-refractivity contribution in [2.45, 2.75) is 38.8 Å². The predicted molar refractivity (Wildman–Crippen MR) is 114 cm³/mol. The normalized spacial score (nSPS) is 12.2. The van der Waals surface area contributed by atoms with Gasteiger partial charge in [0, 0.05) is 12.1 Å². The Bertz CT molecular complexity index is 876.